The van der Waals surface area contributed by atoms with Gasteiger partial charge in [-0.3, -0.25) is 0 Å². The molecule has 0 spiro atoms. The molecule has 0 N–H and O–H groups in total. The maximum atomic E-state index is 12.7. The molecule has 0 fully saturated rings. The van der Waals surface area contributed by atoms with Crippen molar-refractivity contribution >= 4 is 21.0 Å². The third-order valence-electron chi connectivity index (χ3n) is 5.47. The first-order chi connectivity index (χ1) is 16.0. The lowest BCUT2D eigenvalue weighted by Gasteiger charge is -2.08. The minimum absolute atomic E-state index is 0.118. The first-order valence-electron chi connectivity index (χ1n) is 10.6. The molecule has 5 nitrogen and oxygen atoms in total. The van der Waals surface area contributed by atoms with Crippen molar-refractivity contribution in [2.45, 2.75) is 18.2 Å². The molecule has 5 rings (SSSR count). The summed E-state index contributed by atoms with van der Waals surface area (Å²) in [4.78, 5) is 0.118. The molecular weight excluding hydrogens is 432 g/mol. The van der Waals surface area contributed by atoms with E-state index in [1.165, 1.54) is 5.56 Å². The van der Waals surface area contributed by atoms with Crippen LogP contribution in [0.4, 0.5) is 0 Å². The first-order valence-corrected chi connectivity index (χ1v) is 12.0. The zero-order chi connectivity index (χ0) is 22.8. The topological polar surface area (TPSA) is 61.2 Å². The zero-order valence-electron chi connectivity index (χ0n) is 18.0. The minimum Gasteiger partial charge on any atom is -0.379 e. The second-order valence-corrected chi connectivity index (χ2v) is 9.43. The Morgan fingerprint density at radius 2 is 1.48 bits per heavy atom. The van der Waals surface area contributed by atoms with Gasteiger partial charge in [0.25, 0.3) is 0 Å². The Labute approximate surface area is 193 Å². The SMILES string of the molecule is Cc1ccc(S(=O)(=O)Oc2ccc3c(Cc4ccccc4)n(-c4ccccc4)nc3c2)cc1. The summed E-state index contributed by atoms with van der Waals surface area (Å²) in [6.07, 6.45) is 0.689. The Kier molecular flexibility index (Phi) is 5.44. The van der Waals surface area contributed by atoms with Crippen molar-refractivity contribution in [3.8, 4) is 11.4 Å². The average molecular weight is 455 g/mol. The predicted molar refractivity (Wildman–Crippen MR) is 129 cm³/mol. The van der Waals surface area contributed by atoms with Crippen LogP contribution >= 0.6 is 0 Å². The van der Waals surface area contributed by atoms with Crippen molar-refractivity contribution in [3.63, 3.8) is 0 Å². The van der Waals surface area contributed by atoms with E-state index < -0.39 is 10.1 Å². The summed E-state index contributed by atoms with van der Waals surface area (Å²) in [6.45, 7) is 1.90. The molecule has 0 saturated heterocycles. The van der Waals surface area contributed by atoms with Crippen LogP contribution in [0.15, 0.2) is 108 Å². The molecule has 33 heavy (non-hydrogen) atoms. The van der Waals surface area contributed by atoms with Gasteiger partial charge in [-0.05, 0) is 48.9 Å². The van der Waals surface area contributed by atoms with Crippen LogP contribution in [0.1, 0.15) is 16.8 Å². The van der Waals surface area contributed by atoms with Crippen LogP contribution in [0.3, 0.4) is 0 Å². The van der Waals surface area contributed by atoms with Gasteiger partial charge in [0.2, 0.25) is 0 Å². The van der Waals surface area contributed by atoms with E-state index in [2.05, 4.69) is 12.1 Å². The third-order valence-corrected chi connectivity index (χ3v) is 6.74. The summed E-state index contributed by atoms with van der Waals surface area (Å²) in [6, 6.07) is 31.9. The van der Waals surface area contributed by atoms with Crippen LogP contribution < -0.4 is 4.18 Å². The van der Waals surface area contributed by atoms with Crippen LogP contribution in [0.5, 0.6) is 5.75 Å². The van der Waals surface area contributed by atoms with Crippen LogP contribution in [0.2, 0.25) is 0 Å². The highest BCUT2D eigenvalue weighted by Gasteiger charge is 2.19. The average Bonchev–Trinajstić information content (AvgIpc) is 3.18. The molecule has 0 unspecified atom stereocenters. The lowest BCUT2D eigenvalue weighted by atomic mass is 10.1. The standard InChI is InChI=1S/C27H22N2O3S/c1-20-12-15-24(16-13-20)33(30,31)32-23-14-17-25-26(19-23)28-29(22-10-6-3-7-11-22)27(25)18-21-8-4-2-5-9-21/h2-17,19H,18H2,1H3. The summed E-state index contributed by atoms with van der Waals surface area (Å²) in [7, 11) is -3.94. The van der Waals surface area contributed by atoms with Crippen molar-refractivity contribution in [1.29, 1.82) is 0 Å². The van der Waals surface area contributed by atoms with Gasteiger partial charge in [-0.1, -0.05) is 66.2 Å². The van der Waals surface area contributed by atoms with Crippen molar-refractivity contribution in [3.05, 3.63) is 120 Å². The largest absolute Gasteiger partial charge is 0.379 e. The Balaban J connectivity index is 1.56. The zero-order valence-corrected chi connectivity index (χ0v) is 18.9. The molecule has 0 atom stereocenters. The van der Waals surface area contributed by atoms with Crippen LogP contribution in [-0.2, 0) is 16.5 Å². The highest BCUT2D eigenvalue weighted by atomic mass is 32.2. The van der Waals surface area contributed by atoms with Crippen molar-refractivity contribution in [1.82, 2.24) is 9.78 Å². The van der Waals surface area contributed by atoms with E-state index in [-0.39, 0.29) is 10.6 Å². The molecule has 0 aliphatic rings. The summed E-state index contributed by atoms with van der Waals surface area (Å²) in [5.41, 5.74) is 4.78. The molecular formula is C27H22N2O3S. The highest BCUT2D eigenvalue weighted by Crippen LogP contribution is 2.29. The molecule has 4 aromatic carbocycles. The van der Waals surface area contributed by atoms with Crippen molar-refractivity contribution in [2.24, 2.45) is 0 Å². The molecule has 5 aromatic rings. The fourth-order valence-corrected chi connectivity index (χ4v) is 4.72. The maximum Gasteiger partial charge on any atom is 0.339 e. The van der Waals surface area contributed by atoms with Gasteiger partial charge in [0.05, 0.1) is 16.9 Å². The van der Waals surface area contributed by atoms with E-state index >= 15 is 0 Å². The molecule has 164 valence electrons. The smallest absolute Gasteiger partial charge is 0.339 e. The van der Waals surface area contributed by atoms with Gasteiger partial charge >= 0.3 is 10.1 Å². The van der Waals surface area contributed by atoms with Gasteiger partial charge in [-0.25, -0.2) is 4.68 Å². The molecule has 0 radical (unpaired) electrons. The second-order valence-electron chi connectivity index (χ2n) is 7.89. The lowest BCUT2D eigenvalue weighted by Crippen LogP contribution is -2.09. The van der Waals surface area contributed by atoms with Crippen molar-refractivity contribution < 1.29 is 12.6 Å². The first kappa shape index (κ1) is 21.0. The van der Waals surface area contributed by atoms with Crippen LogP contribution in [-0.4, -0.2) is 18.2 Å². The van der Waals surface area contributed by atoms with Gasteiger partial charge in [-0.2, -0.15) is 13.5 Å². The second kappa shape index (κ2) is 8.56. The number of para-hydroxylation sites is 1. The minimum atomic E-state index is -3.94. The van der Waals surface area contributed by atoms with Gasteiger partial charge in [-0.15, -0.1) is 0 Å². The number of hydrogen-bond donors (Lipinski definition) is 0. The molecule has 0 amide bonds. The van der Waals surface area contributed by atoms with E-state index in [0.29, 0.717) is 11.9 Å². The monoisotopic (exact) mass is 454 g/mol. The van der Waals surface area contributed by atoms with Crippen LogP contribution in [0.25, 0.3) is 16.6 Å². The lowest BCUT2D eigenvalue weighted by molar-refractivity contribution is 0.486. The van der Waals surface area contributed by atoms with Gasteiger partial charge in [0.1, 0.15) is 10.6 Å². The number of rotatable bonds is 6. The number of hydrogen-bond acceptors (Lipinski definition) is 4. The fourth-order valence-electron chi connectivity index (χ4n) is 3.79. The Hall–Kier alpha value is -3.90. The summed E-state index contributed by atoms with van der Waals surface area (Å²) in [5.74, 6) is 0.229. The summed E-state index contributed by atoms with van der Waals surface area (Å²) >= 11 is 0. The third kappa shape index (κ3) is 4.38. The quantitative estimate of drug-likeness (QED) is 0.309. The van der Waals surface area contributed by atoms with E-state index in [4.69, 9.17) is 9.28 Å². The maximum absolute atomic E-state index is 12.7. The Morgan fingerprint density at radius 3 is 2.18 bits per heavy atom. The van der Waals surface area contributed by atoms with Gasteiger partial charge < -0.3 is 4.18 Å². The molecule has 0 bridgehead atoms. The Morgan fingerprint density at radius 1 is 0.818 bits per heavy atom. The number of nitrogens with zero attached hydrogens (tertiary/aromatic N) is 2. The molecule has 1 heterocycles. The molecule has 6 heteroatoms. The number of benzene rings is 4. The summed E-state index contributed by atoms with van der Waals surface area (Å²) < 4.78 is 32.8. The summed E-state index contributed by atoms with van der Waals surface area (Å²) in [5, 5.41) is 5.74. The molecule has 0 aliphatic heterocycles. The van der Waals surface area contributed by atoms with Crippen LogP contribution in [0, 0.1) is 6.92 Å². The van der Waals surface area contributed by atoms with E-state index in [1.54, 1.807) is 36.4 Å². The van der Waals surface area contributed by atoms with Crippen molar-refractivity contribution in [2.75, 3.05) is 0 Å². The van der Waals surface area contributed by atoms with E-state index in [9.17, 15) is 8.42 Å². The molecule has 1 aromatic heterocycles. The highest BCUT2D eigenvalue weighted by molar-refractivity contribution is 7.87. The fraction of sp³-hybridized carbons (Fsp3) is 0.0741. The normalized spacial score (nSPS) is 11.5. The number of aryl methyl sites for hydroxylation is 1. The number of fused-ring (bicyclic) bond motifs is 1. The predicted octanol–water partition coefficient (Wildman–Crippen LogP) is 5.69. The van der Waals surface area contributed by atoms with E-state index in [1.807, 2.05) is 66.2 Å². The van der Waals surface area contributed by atoms with Gasteiger partial charge in [0, 0.05) is 17.9 Å². The molecule has 0 aliphatic carbocycles. The van der Waals surface area contributed by atoms with Gasteiger partial charge in [0.15, 0.2) is 0 Å². The Bertz CT molecular complexity index is 1510. The van der Waals surface area contributed by atoms with E-state index in [0.717, 1.165) is 22.3 Å². The number of aromatic nitrogens is 2. The molecule has 0 saturated carbocycles.